The number of aliphatic hydroxyl groups excluding tert-OH is 1. The fourth-order valence-electron chi connectivity index (χ4n) is 2.04. The van der Waals surface area contributed by atoms with Gasteiger partial charge in [0.05, 0.1) is 6.10 Å². The zero-order valence-electron chi connectivity index (χ0n) is 8.47. The van der Waals surface area contributed by atoms with Crippen molar-refractivity contribution in [1.29, 1.82) is 0 Å². The van der Waals surface area contributed by atoms with Gasteiger partial charge in [-0.3, -0.25) is 5.32 Å². The Morgan fingerprint density at radius 3 is 3.00 bits per heavy atom. The van der Waals surface area contributed by atoms with E-state index in [2.05, 4.69) is 5.32 Å². The largest absolute Gasteiger partial charge is 0.376 e. The van der Waals surface area contributed by atoms with Crippen molar-refractivity contribution in [2.75, 3.05) is 13.7 Å². The summed E-state index contributed by atoms with van der Waals surface area (Å²) in [7, 11) is 1.46. The van der Waals surface area contributed by atoms with E-state index in [1.54, 1.807) is 0 Å². The van der Waals surface area contributed by atoms with Crippen LogP contribution in [0.5, 0.6) is 0 Å². The van der Waals surface area contributed by atoms with Crippen LogP contribution in [0.2, 0.25) is 0 Å². The van der Waals surface area contributed by atoms with E-state index >= 15 is 0 Å². The second-order valence-electron chi connectivity index (χ2n) is 3.79. The Kier molecular flexibility index (Phi) is 3.04. The molecule has 82 valence electrons. The van der Waals surface area contributed by atoms with Crippen LogP contribution < -0.4 is 5.32 Å². The van der Waals surface area contributed by atoms with Gasteiger partial charge in [0.1, 0.15) is 6.10 Å². The molecule has 0 aromatic heterocycles. The summed E-state index contributed by atoms with van der Waals surface area (Å²) in [5.74, 6) is 0. The lowest BCUT2D eigenvalue weighted by Gasteiger charge is -2.29. The van der Waals surface area contributed by atoms with Gasteiger partial charge >= 0.3 is 0 Å². The van der Waals surface area contributed by atoms with Gasteiger partial charge in [0.2, 0.25) is 0 Å². The van der Waals surface area contributed by atoms with E-state index in [0.717, 1.165) is 13.0 Å². The molecule has 2 aliphatic rings. The molecule has 5 heteroatoms. The summed E-state index contributed by atoms with van der Waals surface area (Å²) in [4.78, 5) is 0. The number of rotatable bonds is 2. The number of hydrogen-bond acceptors (Lipinski definition) is 5. The molecule has 0 aromatic carbocycles. The third kappa shape index (κ3) is 1.78. The minimum atomic E-state index is -0.909. The van der Waals surface area contributed by atoms with E-state index in [9.17, 15) is 5.11 Å². The standard InChI is InChI=1S/C9H17NO4/c1-5-7-6(3-4-13-5)10-8(14-7)9(11)12-2/h5-11H,3-4H2,1-2H3/t5-,6-,7+,8+,9+/m0/s1. The molecule has 0 aromatic rings. The first-order valence-electron chi connectivity index (χ1n) is 4.96. The maximum Gasteiger partial charge on any atom is 0.194 e. The van der Waals surface area contributed by atoms with E-state index in [4.69, 9.17) is 14.2 Å². The smallest absolute Gasteiger partial charge is 0.194 e. The first-order valence-corrected chi connectivity index (χ1v) is 4.96. The van der Waals surface area contributed by atoms with E-state index < -0.39 is 12.5 Å². The topological polar surface area (TPSA) is 60.0 Å². The summed E-state index contributed by atoms with van der Waals surface area (Å²) in [5.41, 5.74) is 0. The highest BCUT2D eigenvalue weighted by molar-refractivity contribution is 4.92. The summed E-state index contributed by atoms with van der Waals surface area (Å²) in [6, 6.07) is 0.272. The fourth-order valence-corrected chi connectivity index (χ4v) is 2.04. The van der Waals surface area contributed by atoms with Gasteiger partial charge in [0.15, 0.2) is 12.5 Å². The maximum absolute atomic E-state index is 9.44. The van der Waals surface area contributed by atoms with Crippen LogP contribution in [0.25, 0.3) is 0 Å². The molecule has 5 nitrogen and oxygen atoms in total. The van der Waals surface area contributed by atoms with Crippen molar-refractivity contribution in [2.45, 2.75) is 44.1 Å². The zero-order chi connectivity index (χ0) is 10.1. The van der Waals surface area contributed by atoms with Crippen LogP contribution in [0.1, 0.15) is 13.3 Å². The molecule has 14 heavy (non-hydrogen) atoms. The van der Waals surface area contributed by atoms with E-state index in [0.29, 0.717) is 0 Å². The lowest BCUT2D eigenvalue weighted by atomic mass is 10.0. The SMILES string of the molecule is CO[C@@H](O)[C@@H]1N[C@H]2CCO[C@@H](C)[C@H]2O1. The van der Waals surface area contributed by atoms with Crippen molar-refractivity contribution in [1.82, 2.24) is 5.32 Å². The Bertz CT molecular complexity index is 201. The van der Waals surface area contributed by atoms with Crippen LogP contribution in [-0.4, -0.2) is 49.6 Å². The number of methoxy groups -OCH3 is 1. The molecule has 5 atom stereocenters. The summed E-state index contributed by atoms with van der Waals surface area (Å²) in [5, 5.41) is 12.6. The van der Waals surface area contributed by atoms with Gasteiger partial charge in [-0.15, -0.1) is 0 Å². The lowest BCUT2D eigenvalue weighted by molar-refractivity contribution is -0.178. The Morgan fingerprint density at radius 1 is 1.57 bits per heavy atom. The third-order valence-corrected chi connectivity index (χ3v) is 2.85. The quantitative estimate of drug-likeness (QED) is 0.589. The van der Waals surface area contributed by atoms with Gasteiger partial charge in [-0.25, -0.2) is 0 Å². The highest BCUT2D eigenvalue weighted by Crippen LogP contribution is 2.25. The first-order chi connectivity index (χ1) is 6.72. The molecular weight excluding hydrogens is 186 g/mol. The van der Waals surface area contributed by atoms with Crippen molar-refractivity contribution in [3.8, 4) is 0 Å². The summed E-state index contributed by atoms with van der Waals surface area (Å²) in [6.45, 7) is 2.73. The van der Waals surface area contributed by atoms with E-state index in [1.165, 1.54) is 7.11 Å². The molecule has 2 rings (SSSR count). The van der Waals surface area contributed by atoms with Gasteiger partial charge in [0.25, 0.3) is 0 Å². The molecule has 0 amide bonds. The molecule has 2 fully saturated rings. The molecule has 0 spiro atoms. The molecule has 2 N–H and O–H groups in total. The van der Waals surface area contributed by atoms with Crippen LogP contribution >= 0.6 is 0 Å². The van der Waals surface area contributed by atoms with Crippen molar-refractivity contribution < 1.29 is 19.3 Å². The Hall–Kier alpha value is -0.200. The summed E-state index contributed by atoms with van der Waals surface area (Å²) in [6.07, 6.45) is -0.317. The highest BCUT2D eigenvalue weighted by atomic mass is 16.6. The van der Waals surface area contributed by atoms with E-state index in [-0.39, 0.29) is 18.2 Å². The molecule has 0 radical (unpaired) electrons. The maximum atomic E-state index is 9.44. The second-order valence-corrected chi connectivity index (χ2v) is 3.79. The second kappa shape index (κ2) is 4.12. The fraction of sp³-hybridized carbons (Fsp3) is 1.00. The molecule has 0 saturated carbocycles. The van der Waals surface area contributed by atoms with Gasteiger partial charge < -0.3 is 19.3 Å². The minimum absolute atomic E-state index is 0.0264. The molecule has 2 saturated heterocycles. The molecule has 0 aliphatic carbocycles. The predicted octanol–water partition coefficient (Wildman–Crippen LogP) is -0.557. The first kappa shape index (κ1) is 10.3. The Labute approximate surface area is 83.3 Å². The number of aliphatic hydroxyl groups is 1. The lowest BCUT2D eigenvalue weighted by Crippen LogP contribution is -2.45. The minimum Gasteiger partial charge on any atom is -0.376 e. The van der Waals surface area contributed by atoms with Crippen LogP contribution in [0.3, 0.4) is 0 Å². The molecule has 2 heterocycles. The van der Waals surface area contributed by atoms with Crippen LogP contribution in [-0.2, 0) is 14.2 Å². The number of hydrogen-bond donors (Lipinski definition) is 2. The normalized spacial score (nSPS) is 44.8. The third-order valence-electron chi connectivity index (χ3n) is 2.85. The van der Waals surface area contributed by atoms with Crippen molar-refractivity contribution in [3.63, 3.8) is 0 Å². The summed E-state index contributed by atoms with van der Waals surface area (Å²) >= 11 is 0. The number of nitrogens with one attached hydrogen (secondary N) is 1. The highest BCUT2D eigenvalue weighted by Gasteiger charge is 2.43. The van der Waals surface area contributed by atoms with Gasteiger partial charge in [0, 0.05) is 19.8 Å². The van der Waals surface area contributed by atoms with Crippen molar-refractivity contribution in [2.24, 2.45) is 0 Å². The molecule has 0 bridgehead atoms. The van der Waals surface area contributed by atoms with E-state index in [1.807, 2.05) is 6.92 Å². The van der Waals surface area contributed by atoms with Crippen LogP contribution in [0.15, 0.2) is 0 Å². The number of fused-ring (bicyclic) bond motifs is 1. The number of ether oxygens (including phenoxy) is 3. The van der Waals surface area contributed by atoms with Gasteiger partial charge in [-0.2, -0.15) is 0 Å². The Balaban J connectivity index is 1.97. The molecule has 0 unspecified atom stereocenters. The monoisotopic (exact) mass is 203 g/mol. The average molecular weight is 203 g/mol. The molecule has 2 aliphatic heterocycles. The van der Waals surface area contributed by atoms with Crippen LogP contribution in [0, 0.1) is 0 Å². The van der Waals surface area contributed by atoms with Crippen LogP contribution in [0.4, 0.5) is 0 Å². The zero-order valence-corrected chi connectivity index (χ0v) is 8.47. The summed E-state index contributed by atoms with van der Waals surface area (Å²) < 4.78 is 15.9. The van der Waals surface area contributed by atoms with Crippen molar-refractivity contribution >= 4 is 0 Å². The van der Waals surface area contributed by atoms with Gasteiger partial charge in [-0.05, 0) is 13.3 Å². The van der Waals surface area contributed by atoms with Gasteiger partial charge in [-0.1, -0.05) is 0 Å². The molecular formula is C9H17NO4. The average Bonchev–Trinajstić information content (AvgIpc) is 2.62. The Morgan fingerprint density at radius 2 is 2.36 bits per heavy atom. The van der Waals surface area contributed by atoms with Crippen molar-refractivity contribution in [3.05, 3.63) is 0 Å². The predicted molar refractivity (Wildman–Crippen MR) is 48.6 cm³/mol.